The summed E-state index contributed by atoms with van der Waals surface area (Å²) in [6.07, 6.45) is 1.89. The van der Waals surface area contributed by atoms with Crippen LogP contribution in [-0.2, 0) is 10.0 Å². The van der Waals surface area contributed by atoms with Gasteiger partial charge in [-0.3, -0.25) is 0 Å². The van der Waals surface area contributed by atoms with Gasteiger partial charge in [0, 0.05) is 13.1 Å². The molecule has 1 aliphatic rings. The zero-order chi connectivity index (χ0) is 20.1. The van der Waals surface area contributed by atoms with Gasteiger partial charge in [0.05, 0.1) is 10.9 Å². The first-order chi connectivity index (χ1) is 13.4. The van der Waals surface area contributed by atoms with Gasteiger partial charge in [0.25, 0.3) is 0 Å². The van der Waals surface area contributed by atoms with Crippen LogP contribution in [0, 0.1) is 0 Å². The molecule has 1 atom stereocenters. The fourth-order valence-electron chi connectivity index (χ4n) is 3.57. The van der Waals surface area contributed by atoms with Gasteiger partial charge in [-0.05, 0) is 56.0 Å². The van der Waals surface area contributed by atoms with Crippen molar-refractivity contribution in [2.75, 3.05) is 20.1 Å². The van der Waals surface area contributed by atoms with Crippen LogP contribution in [-0.4, -0.2) is 39.5 Å². The van der Waals surface area contributed by atoms with E-state index in [1.807, 2.05) is 24.0 Å². The number of carbonyl (C=O) groups is 1. The molecule has 2 N–H and O–H groups in total. The summed E-state index contributed by atoms with van der Waals surface area (Å²) < 4.78 is 26.3. The van der Waals surface area contributed by atoms with E-state index in [-0.39, 0.29) is 17.0 Å². The number of urea groups is 1. The Morgan fingerprint density at radius 3 is 2.39 bits per heavy atom. The predicted octanol–water partition coefficient (Wildman–Crippen LogP) is 3.24. The van der Waals surface area contributed by atoms with Gasteiger partial charge >= 0.3 is 6.03 Å². The average Bonchev–Trinajstić information content (AvgIpc) is 2.74. The summed E-state index contributed by atoms with van der Waals surface area (Å²) in [7, 11) is -2.13. The first kappa shape index (κ1) is 20.4. The summed E-state index contributed by atoms with van der Waals surface area (Å²) in [5.41, 5.74) is 2.09. The van der Waals surface area contributed by atoms with E-state index >= 15 is 0 Å². The molecule has 1 fully saturated rings. The van der Waals surface area contributed by atoms with Crippen LogP contribution in [0.3, 0.4) is 0 Å². The minimum Gasteiger partial charge on any atom is -0.331 e. The minimum atomic E-state index is -3.51. The third-order valence-electron chi connectivity index (χ3n) is 5.33. The topological polar surface area (TPSA) is 78.5 Å². The molecule has 0 aromatic heterocycles. The van der Waals surface area contributed by atoms with Gasteiger partial charge in [0.15, 0.2) is 0 Å². The molecule has 150 valence electrons. The van der Waals surface area contributed by atoms with Crippen LogP contribution in [0.1, 0.15) is 42.9 Å². The second-order valence-corrected chi connectivity index (χ2v) is 9.01. The zero-order valence-electron chi connectivity index (χ0n) is 16.3. The van der Waals surface area contributed by atoms with Crippen LogP contribution in [0.15, 0.2) is 59.5 Å². The Kier molecular flexibility index (Phi) is 6.36. The number of nitrogens with one attached hydrogen (secondary N) is 2. The van der Waals surface area contributed by atoms with Gasteiger partial charge in [-0.25, -0.2) is 17.9 Å². The highest BCUT2D eigenvalue weighted by atomic mass is 32.2. The number of likely N-dealkylation sites (tertiary alicyclic amines) is 1. The quantitative estimate of drug-likeness (QED) is 0.807. The van der Waals surface area contributed by atoms with Gasteiger partial charge < -0.3 is 10.2 Å². The number of nitrogens with zero attached hydrogens (tertiary/aromatic N) is 1. The van der Waals surface area contributed by atoms with Crippen molar-refractivity contribution in [2.45, 2.75) is 36.6 Å². The van der Waals surface area contributed by atoms with Crippen LogP contribution in [0.5, 0.6) is 0 Å². The maximum absolute atomic E-state index is 12.6. The van der Waals surface area contributed by atoms with Crippen molar-refractivity contribution < 1.29 is 13.2 Å². The lowest BCUT2D eigenvalue weighted by molar-refractivity contribution is 0.178. The average molecular weight is 402 g/mol. The van der Waals surface area contributed by atoms with Crippen molar-refractivity contribution in [3.05, 3.63) is 65.7 Å². The predicted molar refractivity (Wildman–Crippen MR) is 110 cm³/mol. The number of benzene rings is 2. The van der Waals surface area contributed by atoms with Gasteiger partial charge in [-0.15, -0.1) is 0 Å². The van der Waals surface area contributed by atoms with Crippen molar-refractivity contribution in [2.24, 2.45) is 0 Å². The molecule has 3 rings (SSSR count). The maximum atomic E-state index is 12.6. The molecule has 1 heterocycles. The van der Waals surface area contributed by atoms with Gasteiger partial charge in [-0.2, -0.15) is 0 Å². The Labute approximate surface area is 167 Å². The second-order valence-electron chi connectivity index (χ2n) is 7.12. The van der Waals surface area contributed by atoms with Gasteiger partial charge in [0.2, 0.25) is 10.0 Å². The molecule has 1 aliphatic heterocycles. The van der Waals surface area contributed by atoms with Crippen molar-refractivity contribution in [1.82, 2.24) is 14.9 Å². The van der Waals surface area contributed by atoms with Crippen molar-refractivity contribution in [1.29, 1.82) is 0 Å². The molecule has 0 aliphatic carbocycles. The van der Waals surface area contributed by atoms with E-state index in [4.69, 9.17) is 0 Å². The van der Waals surface area contributed by atoms with E-state index < -0.39 is 10.0 Å². The Bertz CT molecular complexity index is 908. The summed E-state index contributed by atoms with van der Waals surface area (Å²) in [6, 6.07) is 16.7. The zero-order valence-corrected chi connectivity index (χ0v) is 17.1. The lowest BCUT2D eigenvalue weighted by Crippen LogP contribution is -2.44. The SMILES string of the molecule is CNS(=O)(=O)c1cccc(C(C)NC(=O)N2CCC(c3ccccc3)CC2)c1. The minimum absolute atomic E-state index is 0.110. The molecule has 2 amide bonds. The molecule has 7 heteroatoms. The van der Waals surface area contributed by atoms with E-state index in [1.165, 1.54) is 18.7 Å². The standard InChI is InChI=1S/C21H27N3O3S/c1-16(19-9-6-10-20(15-19)28(26,27)22-2)23-21(25)24-13-11-18(12-14-24)17-7-4-3-5-8-17/h3-10,15-16,18,22H,11-14H2,1-2H3,(H,23,25). The number of piperidine rings is 1. The summed E-state index contributed by atoms with van der Waals surface area (Å²) in [4.78, 5) is 14.7. The molecule has 1 saturated heterocycles. The van der Waals surface area contributed by atoms with E-state index in [1.54, 1.807) is 12.1 Å². The highest BCUT2D eigenvalue weighted by Gasteiger charge is 2.25. The number of hydrogen-bond acceptors (Lipinski definition) is 3. The Morgan fingerprint density at radius 1 is 1.07 bits per heavy atom. The maximum Gasteiger partial charge on any atom is 0.317 e. The molecule has 0 spiro atoms. The van der Waals surface area contributed by atoms with Crippen LogP contribution < -0.4 is 10.0 Å². The first-order valence-corrected chi connectivity index (χ1v) is 11.0. The fourth-order valence-corrected chi connectivity index (χ4v) is 4.35. The van der Waals surface area contributed by atoms with Crippen LogP contribution in [0.25, 0.3) is 0 Å². The van der Waals surface area contributed by atoms with E-state index in [9.17, 15) is 13.2 Å². The number of sulfonamides is 1. The molecule has 2 aromatic rings. The Morgan fingerprint density at radius 2 is 1.75 bits per heavy atom. The third kappa shape index (κ3) is 4.72. The monoisotopic (exact) mass is 401 g/mol. The lowest BCUT2D eigenvalue weighted by Gasteiger charge is -2.33. The summed E-state index contributed by atoms with van der Waals surface area (Å²) in [6.45, 7) is 3.29. The van der Waals surface area contributed by atoms with Gasteiger partial charge in [-0.1, -0.05) is 42.5 Å². The smallest absolute Gasteiger partial charge is 0.317 e. The van der Waals surface area contributed by atoms with Crippen LogP contribution in [0.2, 0.25) is 0 Å². The lowest BCUT2D eigenvalue weighted by atomic mass is 9.90. The summed E-state index contributed by atoms with van der Waals surface area (Å²) in [5, 5.41) is 2.99. The van der Waals surface area contributed by atoms with Crippen molar-refractivity contribution in [3.63, 3.8) is 0 Å². The molecule has 0 saturated carbocycles. The number of amides is 2. The van der Waals surface area contributed by atoms with Crippen LogP contribution >= 0.6 is 0 Å². The molecule has 2 aromatic carbocycles. The van der Waals surface area contributed by atoms with Gasteiger partial charge in [0.1, 0.15) is 0 Å². The Balaban J connectivity index is 1.59. The second kappa shape index (κ2) is 8.75. The first-order valence-electron chi connectivity index (χ1n) is 9.54. The molecule has 0 radical (unpaired) electrons. The summed E-state index contributed by atoms with van der Waals surface area (Å²) >= 11 is 0. The molecule has 0 bridgehead atoms. The summed E-state index contributed by atoms with van der Waals surface area (Å²) in [5.74, 6) is 0.492. The van der Waals surface area contributed by atoms with Crippen molar-refractivity contribution >= 4 is 16.1 Å². The molecular weight excluding hydrogens is 374 g/mol. The number of hydrogen-bond donors (Lipinski definition) is 2. The number of carbonyl (C=O) groups excluding carboxylic acids is 1. The highest BCUT2D eigenvalue weighted by molar-refractivity contribution is 7.89. The van der Waals surface area contributed by atoms with Crippen LogP contribution in [0.4, 0.5) is 4.79 Å². The normalized spacial score (nSPS) is 16.6. The molecular formula is C21H27N3O3S. The van der Waals surface area contributed by atoms with Crippen molar-refractivity contribution in [3.8, 4) is 0 Å². The number of rotatable bonds is 5. The van der Waals surface area contributed by atoms with E-state index in [0.29, 0.717) is 19.0 Å². The molecule has 28 heavy (non-hydrogen) atoms. The molecule has 6 nitrogen and oxygen atoms in total. The largest absolute Gasteiger partial charge is 0.331 e. The Hall–Kier alpha value is -2.38. The highest BCUT2D eigenvalue weighted by Crippen LogP contribution is 2.28. The molecule has 1 unspecified atom stereocenters. The third-order valence-corrected chi connectivity index (χ3v) is 6.74. The fraction of sp³-hybridized carbons (Fsp3) is 0.381. The van der Waals surface area contributed by atoms with E-state index in [2.05, 4.69) is 34.3 Å². The van der Waals surface area contributed by atoms with E-state index in [0.717, 1.165) is 18.4 Å².